The topological polar surface area (TPSA) is 68.8 Å². The number of guanidine groups is 1. The molecule has 6 heteroatoms. The molecule has 1 atom stereocenters. The van der Waals surface area contributed by atoms with Gasteiger partial charge in [0.05, 0.1) is 6.54 Å². The van der Waals surface area contributed by atoms with E-state index >= 15 is 0 Å². The number of likely N-dealkylation sites (N-methyl/N-ethyl adjacent to an activating group) is 1. The molecule has 2 aliphatic rings. The van der Waals surface area contributed by atoms with Crippen LogP contribution in [0.1, 0.15) is 39.5 Å². The molecule has 0 spiro atoms. The normalized spacial score (nSPS) is 22.6. The van der Waals surface area contributed by atoms with Gasteiger partial charge in [-0.15, -0.1) is 0 Å². The number of carbonyl (C=O) groups excluding carboxylic acids is 1. The van der Waals surface area contributed by atoms with Crippen molar-refractivity contribution in [2.75, 3.05) is 39.3 Å². The molecule has 0 aromatic rings. The number of nitrogens with zero attached hydrogens (tertiary/aromatic N) is 2. The van der Waals surface area contributed by atoms with Crippen molar-refractivity contribution in [1.29, 1.82) is 0 Å². The summed E-state index contributed by atoms with van der Waals surface area (Å²) in [7, 11) is 0. The van der Waals surface area contributed by atoms with Gasteiger partial charge >= 0.3 is 0 Å². The number of likely N-dealkylation sites (tertiary alicyclic amines) is 1. The van der Waals surface area contributed by atoms with E-state index in [0.29, 0.717) is 19.1 Å². The Bertz CT molecular complexity index is 381. The van der Waals surface area contributed by atoms with Crippen molar-refractivity contribution in [3.63, 3.8) is 0 Å². The van der Waals surface area contributed by atoms with Crippen LogP contribution in [-0.2, 0) is 4.79 Å². The second kappa shape index (κ2) is 8.98. The quantitative estimate of drug-likeness (QED) is 0.348. The molecular weight excluding hydrogens is 278 g/mol. The Morgan fingerprint density at radius 1 is 1.14 bits per heavy atom. The van der Waals surface area contributed by atoms with Gasteiger partial charge in [-0.25, -0.2) is 0 Å². The second-order valence-corrected chi connectivity index (χ2v) is 6.14. The van der Waals surface area contributed by atoms with Crippen LogP contribution in [0.3, 0.4) is 0 Å². The summed E-state index contributed by atoms with van der Waals surface area (Å²) in [6.07, 6.45) is 4.64. The lowest BCUT2D eigenvalue weighted by atomic mass is 10.2. The fourth-order valence-corrected chi connectivity index (χ4v) is 2.91. The highest BCUT2D eigenvalue weighted by atomic mass is 16.2. The monoisotopic (exact) mass is 309 g/mol. The van der Waals surface area contributed by atoms with Gasteiger partial charge in [0.1, 0.15) is 0 Å². The van der Waals surface area contributed by atoms with Crippen LogP contribution in [0.2, 0.25) is 0 Å². The maximum atomic E-state index is 11.6. The first-order valence-electron chi connectivity index (χ1n) is 8.78. The van der Waals surface area contributed by atoms with Crippen molar-refractivity contribution < 1.29 is 4.79 Å². The lowest BCUT2D eigenvalue weighted by molar-refractivity contribution is -0.122. The smallest absolute Gasteiger partial charge is 0.223 e. The third-order valence-electron chi connectivity index (χ3n) is 4.37. The summed E-state index contributed by atoms with van der Waals surface area (Å²) in [6, 6.07) is 0.579. The summed E-state index contributed by atoms with van der Waals surface area (Å²) in [6.45, 7) is 9.66. The average Bonchev–Trinajstić information content (AvgIpc) is 3.28. The molecule has 1 unspecified atom stereocenters. The van der Waals surface area contributed by atoms with Crippen LogP contribution >= 0.6 is 0 Å². The van der Waals surface area contributed by atoms with Crippen LogP contribution in [0, 0.1) is 5.92 Å². The molecule has 2 rings (SSSR count). The number of aliphatic imine (C=N–C) groups is 1. The minimum atomic E-state index is 0.202. The van der Waals surface area contributed by atoms with Crippen molar-refractivity contribution >= 4 is 11.9 Å². The van der Waals surface area contributed by atoms with E-state index < -0.39 is 0 Å². The number of carbonyl (C=O) groups is 1. The summed E-state index contributed by atoms with van der Waals surface area (Å²) in [5.74, 6) is 1.34. The third kappa shape index (κ3) is 5.48. The Hall–Kier alpha value is -1.30. The molecule has 3 N–H and O–H groups in total. The van der Waals surface area contributed by atoms with Gasteiger partial charge in [0.15, 0.2) is 5.96 Å². The predicted molar refractivity (Wildman–Crippen MR) is 90.0 cm³/mol. The van der Waals surface area contributed by atoms with Gasteiger partial charge in [0.2, 0.25) is 5.91 Å². The average molecular weight is 309 g/mol. The van der Waals surface area contributed by atoms with E-state index in [-0.39, 0.29) is 11.8 Å². The molecule has 1 saturated carbocycles. The van der Waals surface area contributed by atoms with Crippen molar-refractivity contribution in [3.8, 4) is 0 Å². The third-order valence-corrected chi connectivity index (χ3v) is 4.37. The molecule has 2 fully saturated rings. The molecule has 6 nitrogen and oxygen atoms in total. The highest BCUT2D eigenvalue weighted by Crippen LogP contribution is 2.28. The molecular formula is C16H31N5O. The van der Waals surface area contributed by atoms with Crippen LogP contribution in [-0.4, -0.2) is 62.1 Å². The molecule has 0 aromatic heterocycles. The zero-order valence-corrected chi connectivity index (χ0v) is 14.0. The second-order valence-electron chi connectivity index (χ2n) is 6.14. The summed E-state index contributed by atoms with van der Waals surface area (Å²) >= 11 is 0. The van der Waals surface area contributed by atoms with Crippen molar-refractivity contribution in [2.24, 2.45) is 10.9 Å². The highest BCUT2D eigenvalue weighted by Gasteiger charge is 2.29. The van der Waals surface area contributed by atoms with E-state index in [0.717, 1.165) is 38.4 Å². The van der Waals surface area contributed by atoms with Crippen molar-refractivity contribution in [3.05, 3.63) is 0 Å². The number of nitrogens with one attached hydrogen (secondary N) is 3. The Morgan fingerprint density at radius 3 is 2.59 bits per heavy atom. The van der Waals surface area contributed by atoms with E-state index in [1.165, 1.54) is 19.4 Å². The van der Waals surface area contributed by atoms with Crippen molar-refractivity contribution in [2.45, 2.75) is 45.6 Å². The van der Waals surface area contributed by atoms with Crippen molar-refractivity contribution in [1.82, 2.24) is 20.9 Å². The van der Waals surface area contributed by atoms with E-state index in [4.69, 9.17) is 4.99 Å². The van der Waals surface area contributed by atoms with Gasteiger partial charge in [-0.1, -0.05) is 6.92 Å². The van der Waals surface area contributed by atoms with Gasteiger partial charge < -0.3 is 16.0 Å². The van der Waals surface area contributed by atoms with Crippen LogP contribution in [0.25, 0.3) is 0 Å². The standard InChI is InChI=1S/C16H31N5O/c1-3-17-16(19-10-9-18-15(22)13-7-8-13)20-12-14-6-5-11-21(14)4-2/h13-14H,3-12H2,1-2H3,(H,18,22)(H2,17,19,20). The molecule has 1 aliphatic carbocycles. The molecule has 1 saturated heterocycles. The summed E-state index contributed by atoms with van der Waals surface area (Å²) in [5.41, 5.74) is 0. The minimum Gasteiger partial charge on any atom is -0.357 e. The van der Waals surface area contributed by atoms with Gasteiger partial charge in [-0.3, -0.25) is 14.7 Å². The van der Waals surface area contributed by atoms with Crippen LogP contribution in [0.5, 0.6) is 0 Å². The molecule has 126 valence electrons. The Kier molecular flexibility index (Phi) is 6.96. The zero-order valence-electron chi connectivity index (χ0n) is 14.0. The Balaban J connectivity index is 1.68. The first-order valence-corrected chi connectivity index (χ1v) is 8.78. The first-order chi connectivity index (χ1) is 10.7. The lowest BCUT2D eigenvalue weighted by Crippen LogP contribution is -2.42. The van der Waals surface area contributed by atoms with Crippen LogP contribution in [0.4, 0.5) is 0 Å². The SMILES string of the molecule is CCNC(=NCC1CCCN1CC)NCCNC(=O)C1CC1. The number of hydrogen-bond donors (Lipinski definition) is 3. The van der Waals surface area contributed by atoms with Crippen LogP contribution in [0.15, 0.2) is 4.99 Å². The first kappa shape index (κ1) is 17.1. The number of rotatable bonds is 8. The summed E-state index contributed by atoms with van der Waals surface area (Å²) in [4.78, 5) is 18.8. The summed E-state index contributed by atoms with van der Waals surface area (Å²) in [5, 5.41) is 9.53. The fourth-order valence-electron chi connectivity index (χ4n) is 2.91. The van der Waals surface area contributed by atoms with E-state index in [1.54, 1.807) is 0 Å². The molecule has 1 amide bonds. The van der Waals surface area contributed by atoms with Gasteiger partial charge in [-0.2, -0.15) is 0 Å². The molecule has 1 heterocycles. The van der Waals surface area contributed by atoms with Gasteiger partial charge in [0.25, 0.3) is 0 Å². The minimum absolute atomic E-state index is 0.202. The highest BCUT2D eigenvalue weighted by molar-refractivity contribution is 5.81. The van der Waals surface area contributed by atoms with Crippen LogP contribution < -0.4 is 16.0 Å². The largest absolute Gasteiger partial charge is 0.357 e. The number of hydrogen-bond acceptors (Lipinski definition) is 3. The predicted octanol–water partition coefficient (Wildman–Crippen LogP) is 0.552. The van der Waals surface area contributed by atoms with E-state index in [9.17, 15) is 4.79 Å². The fraction of sp³-hybridized carbons (Fsp3) is 0.875. The Morgan fingerprint density at radius 2 is 1.91 bits per heavy atom. The summed E-state index contributed by atoms with van der Waals surface area (Å²) < 4.78 is 0. The number of amides is 1. The van der Waals surface area contributed by atoms with Gasteiger partial charge in [0, 0.05) is 31.6 Å². The molecule has 0 radical (unpaired) electrons. The van der Waals surface area contributed by atoms with E-state index in [1.807, 2.05) is 0 Å². The maximum Gasteiger partial charge on any atom is 0.223 e. The zero-order chi connectivity index (χ0) is 15.8. The maximum absolute atomic E-state index is 11.6. The molecule has 0 bridgehead atoms. The lowest BCUT2D eigenvalue weighted by Gasteiger charge is -2.21. The molecule has 22 heavy (non-hydrogen) atoms. The van der Waals surface area contributed by atoms with E-state index in [2.05, 4.69) is 34.7 Å². The molecule has 0 aromatic carbocycles. The Labute approximate surface area is 134 Å². The molecule has 1 aliphatic heterocycles. The van der Waals surface area contributed by atoms with Gasteiger partial charge in [-0.05, 0) is 45.7 Å².